The van der Waals surface area contributed by atoms with E-state index < -0.39 is 46.6 Å². The van der Waals surface area contributed by atoms with Gasteiger partial charge >= 0.3 is 11.9 Å². The average Bonchev–Trinajstić information content (AvgIpc) is 3.92. The summed E-state index contributed by atoms with van der Waals surface area (Å²) in [6.45, 7) is 3.28. The van der Waals surface area contributed by atoms with Gasteiger partial charge in [0.05, 0.1) is 35.2 Å². The topological polar surface area (TPSA) is 145 Å². The smallest absolute Gasteiger partial charge is 0.336 e. The summed E-state index contributed by atoms with van der Waals surface area (Å²) in [6.07, 6.45) is -1.30. The van der Waals surface area contributed by atoms with Crippen molar-refractivity contribution in [2.75, 3.05) is 26.4 Å². The zero-order valence-corrected chi connectivity index (χ0v) is 32.4. The van der Waals surface area contributed by atoms with Crippen molar-refractivity contribution in [1.82, 2.24) is 5.32 Å². The van der Waals surface area contributed by atoms with E-state index in [1.165, 1.54) is 18.2 Å². The molecule has 1 N–H and O–H groups in total. The van der Waals surface area contributed by atoms with Gasteiger partial charge < -0.3 is 33.7 Å². The first-order valence-electron chi connectivity index (χ1n) is 19.3. The highest BCUT2D eigenvalue weighted by molar-refractivity contribution is 6.00. The van der Waals surface area contributed by atoms with Crippen LogP contribution in [0.5, 0.6) is 0 Å². The quantitative estimate of drug-likeness (QED) is 0.0760. The minimum absolute atomic E-state index is 0.0898. The molecule has 0 aromatic heterocycles. The van der Waals surface area contributed by atoms with Crippen LogP contribution in [-0.4, -0.2) is 55.5 Å². The third kappa shape index (κ3) is 7.78. The summed E-state index contributed by atoms with van der Waals surface area (Å²) < 4.78 is 37.7. The van der Waals surface area contributed by atoms with E-state index in [0.29, 0.717) is 17.0 Å². The number of carbonyl (C=O) groups excluding carboxylic acids is 2. The number of ether oxygens (including phenoxy) is 6. The van der Waals surface area contributed by atoms with Crippen molar-refractivity contribution < 1.29 is 42.9 Å². The van der Waals surface area contributed by atoms with Gasteiger partial charge in [-0.1, -0.05) is 133 Å². The van der Waals surface area contributed by atoms with Gasteiger partial charge in [-0.3, -0.25) is 10.1 Å². The van der Waals surface area contributed by atoms with Crippen molar-refractivity contribution in [2.45, 2.75) is 43.5 Å². The Morgan fingerprint density at radius 3 is 1.39 bits per heavy atom. The van der Waals surface area contributed by atoms with E-state index in [9.17, 15) is 19.7 Å². The molecule has 2 saturated heterocycles. The lowest BCUT2D eigenvalue weighted by Crippen LogP contribution is -2.35. The highest BCUT2D eigenvalue weighted by atomic mass is 16.8. The SMILES string of the molecule is CC1=C(C(=O)OCC2COC(c3ccccc3)(c3ccccc3)O2)C(c2cccc([N+](=O)[O-])c2)C(C(=O)OCC2COC(c3ccccc3)(c3ccccc3)O2)=C(C)N1. The molecule has 59 heavy (non-hydrogen) atoms. The average molecular weight is 795 g/mol. The van der Waals surface area contributed by atoms with Crippen molar-refractivity contribution in [2.24, 2.45) is 0 Å². The van der Waals surface area contributed by atoms with Crippen LogP contribution in [0.3, 0.4) is 0 Å². The summed E-state index contributed by atoms with van der Waals surface area (Å²) >= 11 is 0. The van der Waals surface area contributed by atoms with Crippen molar-refractivity contribution in [1.29, 1.82) is 0 Å². The number of hydrogen-bond donors (Lipinski definition) is 1. The van der Waals surface area contributed by atoms with Crippen molar-refractivity contribution in [3.63, 3.8) is 0 Å². The van der Waals surface area contributed by atoms with E-state index in [2.05, 4.69) is 5.32 Å². The predicted molar refractivity (Wildman–Crippen MR) is 215 cm³/mol. The first-order chi connectivity index (χ1) is 28.7. The van der Waals surface area contributed by atoms with Gasteiger partial charge in [0.1, 0.15) is 25.4 Å². The van der Waals surface area contributed by atoms with Gasteiger partial charge in [0, 0.05) is 45.8 Å². The fourth-order valence-electron chi connectivity index (χ4n) is 7.94. The maximum atomic E-state index is 14.3. The molecule has 8 rings (SSSR count). The Labute approximate surface area is 341 Å². The van der Waals surface area contributed by atoms with Crippen LogP contribution < -0.4 is 5.32 Å². The Bertz CT molecular complexity index is 2170. The lowest BCUT2D eigenvalue weighted by Gasteiger charge is -2.31. The Morgan fingerprint density at radius 1 is 0.627 bits per heavy atom. The molecule has 0 aliphatic carbocycles. The number of nitro groups is 1. The Morgan fingerprint density at radius 2 is 1.02 bits per heavy atom. The maximum absolute atomic E-state index is 14.3. The van der Waals surface area contributed by atoms with Crippen LogP contribution in [0.4, 0.5) is 5.69 Å². The highest BCUT2D eigenvalue weighted by Crippen LogP contribution is 2.44. The van der Waals surface area contributed by atoms with Crippen molar-refractivity contribution >= 4 is 17.6 Å². The van der Waals surface area contributed by atoms with Gasteiger partial charge in [-0.15, -0.1) is 0 Å². The lowest BCUT2D eigenvalue weighted by atomic mass is 9.80. The molecule has 0 saturated carbocycles. The molecular formula is C47H42N2O10. The van der Waals surface area contributed by atoms with E-state index in [-0.39, 0.29) is 43.3 Å². The van der Waals surface area contributed by atoms with Crippen LogP contribution in [-0.2, 0) is 49.6 Å². The molecule has 12 nitrogen and oxygen atoms in total. The zero-order valence-electron chi connectivity index (χ0n) is 32.4. The van der Waals surface area contributed by atoms with Crippen LogP contribution in [0.2, 0.25) is 0 Å². The van der Waals surface area contributed by atoms with Gasteiger partial charge in [-0.05, 0) is 19.4 Å². The fraction of sp³-hybridized carbons (Fsp3) is 0.234. The van der Waals surface area contributed by atoms with Crippen LogP contribution in [0, 0.1) is 10.1 Å². The number of hydrogen-bond acceptors (Lipinski definition) is 11. The van der Waals surface area contributed by atoms with Gasteiger partial charge in [-0.25, -0.2) is 9.59 Å². The normalized spacial score (nSPS) is 20.8. The Hall–Kier alpha value is -6.44. The maximum Gasteiger partial charge on any atom is 0.336 e. The van der Waals surface area contributed by atoms with E-state index >= 15 is 0 Å². The van der Waals surface area contributed by atoms with Gasteiger partial charge in [0.2, 0.25) is 11.6 Å². The summed E-state index contributed by atoms with van der Waals surface area (Å²) in [5.74, 6) is -5.02. The molecule has 5 aromatic carbocycles. The largest absolute Gasteiger partial charge is 0.459 e. The molecule has 2 atom stereocenters. The second-order valence-electron chi connectivity index (χ2n) is 14.5. The molecular weight excluding hydrogens is 753 g/mol. The molecule has 2 unspecified atom stereocenters. The minimum Gasteiger partial charge on any atom is -0.459 e. The molecule has 0 bridgehead atoms. The van der Waals surface area contributed by atoms with Crippen molar-refractivity contribution in [3.05, 3.63) is 206 Å². The number of esters is 2. The second-order valence-corrected chi connectivity index (χ2v) is 14.5. The third-order valence-corrected chi connectivity index (χ3v) is 10.6. The molecule has 0 amide bonds. The molecule has 3 heterocycles. The molecule has 2 fully saturated rings. The summed E-state index contributed by atoms with van der Waals surface area (Å²) in [5.41, 5.74) is 4.26. The lowest BCUT2D eigenvalue weighted by molar-refractivity contribution is -0.384. The van der Waals surface area contributed by atoms with Crippen LogP contribution in [0.1, 0.15) is 47.6 Å². The standard InChI is InChI=1S/C47H42N2O10/c1-31-41(44(50)54-27-39-29-56-46(58-39,34-17-7-3-8-18-34)35-19-9-4-10-20-35)43(33-16-15-25-38(26-33)49(52)53)42(32(2)48-31)45(51)55-28-40-30-57-47(59-40,36-21-11-5-12-22-36)37-23-13-6-14-24-37/h3-26,39-40,43,48H,27-30H2,1-2H3. The fourth-order valence-corrected chi connectivity index (χ4v) is 7.94. The van der Waals surface area contributed by atoms with Crippen LogP contribution in [0.15, 0.2) is 168 Å². The van der Waals surface area contributed by atoms with E-state index in [0.717, 1.165) is 22.3 Å². The molecule has 0 spiro atoms. The van der Waals surface area contributed by atoms with Crippen molar-refractivity contribution in [3.8, 4) is 0 Å². The highest BCUT2D eigenvalue weighted by Gasteiger charge is 2.47. The van der Waals surface area contributed by atoms with E-state index in [1.807, 2.05) is 121 Å². The van der Waals surface area contributed by atoms with Crippen LogP contribution >= 0.6 is 0 Å². The number of nitrogens with one attached hydrogen (secondary N) is 1. The van der Waals surface area contributed by atoms with E-state index in [4.69, 9.17) is 28.4 Å². The van der Waals surface area contributed by atoms with Gasteiger partial charge in [-0.2, -0.15) is 0 Å². The number of nitrogens with zero attached hydrogens (tertiary/aromatic N) is 1. The molecule has 3 aliphatic rings. The van der Waals surface area contributed by atoms with E-state index in [1.54, 1.807) is 19.9 Å². The summed E-state index contributed by atoms with van der Waals surface area (Å²) in [5, 5.41) is 15.1. The summed E-state index contributed by atoms with van der Waals surface area (Å²) in [4.78, 5) is 40.0. The third-order valence-electron chi connectivity index (χ3n) is 10.6. The number of allylic oxidation sites excluding steroid dienone is 2. The zero-order chi connectivity index (χ0) is 41.0. The number of non-ortho nitro benzene ring substituents is 1. The predicted octanol–water partition coefficient (Wildman–Crippen LogP) is 7.55. The summed E-state index contributed by atoms with van der Waals surface area (Å²) in [7, 11) is 0. The monoisotopic (exact) mass is 794 g/mol. The van der Waals surface area contributed by atoms with Gasteiger partial charge in [0.15, 0.2) is 0 Å². The second kappa shape index (κ2) is 16.8. The molecule has 12 heteroatoms. The number of nitro benzene ring substituents is 1. The molecule has 0 radical (unpaired) electrons. The van der Waals surface area contributed by atoms with Crippen LogP contribution in [0.25, 0.3) is 0 Å². The number of benzene rings is 5. The first kappa shape index (κ1) is 39.4. The number of dihydropyridines is 1. The first-order valence-corrected chi connectivity index (χ1v) is 19.3. The number of carbonyl (C=O) groups is 2. The van der Waals surface area contributed by atoms with Gasteiger partial charge in [0.25, 0.3) is 5.69 Å². The molecule has 300 valence electrons. The molecule has 3 aliphatic heterocycles. The Kier molecular flexibility index (Phi) is 11.2. The minimum atomic E-state index is -1.22. The summed E-state index contributed by atoms with van der Waals surface area (Å²) in [6, 6.07) is 44.0. The molecule has 5 aromatic rings. The number of rotatable bonds is 12. The Balaban J connectivity index is 1.03.